The molecule has 0 saturated heterocycles. The van der Waals surface area contributed by atoms with Gasteiger partial charge in [0.05, 0.1) is 0 Å². The summed E-state index contributed by atoms with van der Waals surface area (Å²) in [6.07, 6.45) is 8.96. The lowest BCUT2D eigenvalue weighted by Crippen LogP contribution is -2.15. The molecule has 2 fully saturated rings. The summed E-state index contributed by atoms with van der Waals surface area (Å²) in [4.78, 5) is 11.2. The van der Waals surface area contributed by atoms with E-state index in [1.807, 2.05) is 0 Å². The fourth-order valence-corrected chi connectivity index (χ4v) is 3.29. The number of fused-ring (bicyclic) bond motifs is 1. The van der Waals surface area contributed by atoms with Gasteiger partial charge in [-0.1, -0.05) is 12.2 Å². The van der Waals surface area contributed by atoms with E-state index < -0.39 is 0 Å². The van der Waals surface area contributed by atoms with Crippen LogP contribution in [-0.2, 0) is 4.79 Å². The highest BCUT2D eigenvalue weighted by atomic mass is 16.1. The third-order valence-corrected chi connectivity index (χ3v) is 3.74. The Morgan fingerprint density at radius 1 is 1.55 bits per heavy atom. The minimum atomic E-state index is 0.363. The van der Waals surface area contributed by atoms with Crippen LogP contribution in [0.15, 0.2) is 12.2 Å². The van der Waals surface area contributed by atoms with Crippen LogP contribution in [0.2, 0.25) is 0 Å². The highest BCUT2D eigenvalue weighted by molar-refractivity contribution is 5.83. The highest BCUT2D eigenvalue weighted by Gasteiger charge is 2.53. The van der Waals surface area contributed by atoms with Gasteiger partial charge in [0.15, 0.2) is 0 Å². The van der Waals surface area contributed by atoms with Gasteiger partial charge in [0.25, 0.3) is 0 Å². The van der Waals surface area contributed by atoms with Crippen LogP contribution in [0.3, 0.4) is 0 Å². The van der Waals surface area contributed by atoms with E-state index in [4.69, 9.17) is 0 Å². The molecular weight excluding hydrogens is 136 g/mol. The Bertz CT molecular complexity index is 254. The van der Waals surface area contributed by atoms with Crippen molar-refractivity contribution >= 4 is 5.78 Å². The number of rotatable bonds is 0. The van der Waals surface area contributed by atoms with E-state index in [-0.39, 0.29) is 0 Å². The molecule has 2 saturated carbocycles. The van der Waals surface area contributed by atoms with Crippen LogP contribution < -0.4 is 0 Å². The molecule has 0 radical (unpaired) electrons. The minimum absolute atomic E-state index is 0.363. The van der Waals surface area contributed by atoms with Gasteiger partial charge in [-0.05, 0) is 30.1 Å². The minimum Gasteiger partial charge on any atom is -0.300 e. The van der Waals surface area contributed by atoms with Crippen LogP contribution in [0.5, 0.6) is 0 Å². The van der Waals surface area contributed by atoms with Crippen LogP contribution in [-0.4, -0.2) is 5.78 Å². The van der Waals surface area contributed by atoms with E-state index in [2.05, 4.69) is 12.2 Å². The summed E-state index contributed by atoms with van der Waals surface area (Å²) < 4.78 is 0. The summed E-state index contributed by atoms with van der Waals surface area (Å²) in [6.45, 7) is 0. The van der Waals surface area contributed by atoms with Crippen LogP contribution in [0, 0.1) is 17.3 Å². The number of allylic oxidation sites excluding steroid dienone is 2. The highest BCUT2D eigenvalue weighted by Crippen LogP contribution is 2.60. The molecule has 1 nitrogen and oxygen atoms in total. The number of carbonyl (C=O) groups excluding carboxylic acids is 1. The lowest BCUT2D eigenvalue weighted by molar-refractivity contribution is -0.118. The normalized spacial score (nSPS) is 52.2. The second kappa shape index (κ2) is 1.60. The van der Waals surface area contributed by atoms with E-state index in [0.29, 0.717) is 11.2 Å². The molecule has 3 atom stereocenters. The number of ketones is 1. The van der Waals surface area contributed by atoms with Gasteiger partial charge < -0.3 is 0 Å². The van der Waals surface area contributed by atoms with Gasteiger partial charge in [0.1, 0.15) is 5.78 Å². The molecule has 0 N–H and O–H groups in total. The molecule has 3 aliphatic carbocycles. The second-order valence-electron chi connectivity index (χ2n) is 4.41. The van der Waals surface area contributed by atoms with E-state index in [0.717, 1.165) is 24.7 Å². The summed E-state index contributed by atoms with van der Waals surface area (Å²) >= 11 is 0. The Labute approximate surface area is 66.5 Å². The van der Waals surface area contributed by atoms with Gasteiger partial charge in [-0.2, -0.15) is 0 Å². The Hall–Kier alpha value is -0.590. The summed E-state index contributed by atoms with van der Waals surface area (Å²) in [5.41, 5.74) is 0.363. The number of hydrogen-bond donors (Lipinski definition) is 0. The smallest absolute Gasteiger partial charge is 0.134 e. The van der Waals surface area contributed by atoms with Crippen molar-refractivity contribution in [2.75, 3.05) is 0 Å². The number of carbonyl (C=O) groups is 1. The van der Waals surface area contributed by atoms with Crippen molar-refractivity contribution < 1.29 is 4.79 Å². The first-order valence-corrected chi connectivity index (χ1v) is 4.50. The zero-order chi connectivity index (χ0) is 7.47. The maximum Gasteiger partial charge on any atom is 0.134 e. The third-order valence-electron chi connectivity index (χ3n) is 3.74. The molecule has 0 aromatic heterocycles. The summed E-state index contributed by atoms with van der Waals surface area (Å²) in [5.74, 6) is 2.05. The van der Waals surface area contributed by atoms with Gasteiger partial charge in [0, 0.05) is 12.8 Å². The molecule has 3 unspecified atom stereocenters. The largest absolute Gasteiger partial charge is 0.300 e. The fraction of sp³-hybridized carbons (Fsp3) is 0.700. The molecule has 0 aliphatic heterocycles. The van der Waals surface area contributed by atoms with Crippen LogP contribution in [0.4, 0.5) is 0 Å². The zero-order valence-corrected chi connectivity index (χ0v) is 6.55. The maximum absolute atomic E-state index is 11.2. The van der Waals surface area contributed by atoms with Gasteiger partial charge >= 0.3 is 0 Å². The Morgan fingerprint density at radius 2 is 2.45 bits per heavy atom. The SMILES string of the molecule is O=C1CC2CC3C=CC2(C1)C3. The summed E-state index contributed by atoms with van der Waals surface area (Å²) in [6, 6.07) is 0. The van der Waals surface area contributed by atoms with E-state index in [1.165, 1.54) is 12.8 Å². The van der Waals surface area contributed by atoms with Crippen molar-refractivity contribution in [1.82, 2.24) is 0 Å². The van der Waals surface area contributed by atoms with E-state index >= 15 is 0 Å². The molecule has 1 heteroatoms. The van der Waals surface area contributed by atoms with Crippen molar-refractivity contribution in [3.63, 3.8) is 0 Å². The monoisotopic (exact) mass is 148 g/mol. The van der Waals surface area contributed by atoms with Crippen molar-refractivity contribution in [3.8, 4) is 0 Å². The van der Waals surface area contributed by atoms with Gasteiger partial charge in [-0.3, -0.25) is 4.79 Å². The number of hydrogen-bond acceptors (Lipinski definition) is 1. The lowest BCUT2D eigenvalue weighted by atomic mass is 9.81. The average molecular weight is 148 g/mol. The molecule has 58 valence electrons. The molecule has 0 amide bonds. The summed E-state index contributed by atoms with van der Waals surface area (Å²) in [7, 11) is 0. The van der Waals surface area contributed by atoms with Crippen molar-refractivity contribution in [1.29, 1.82) is 0 Å². The first-order valence-electron chi connectivity index (χ1n) is 4.50. The van der Waals surface area contributed by atoms with Crippen LogP contribution in [0.25, 0.3) is 0 Å². The third kappa shape index (κ3) is 0.597. The van der Waals surface area contributed by atoms with E-state index in [1.54, 1.807) is 0 Å². The molecular formula is C10H12O. The molecule has 3 aliphatic rings. The molecule has 0 aromatic rings. The van der Waals surface area contributed by atoms with Crippen LogP contribution in [0.1, 0.15) is 25.7 Å². The first kappa shape index (κ1) is 5.99. The summed E-state index contributed by atoms with van der Waals surface area (Å²) in [5, 5.41) is 0. The number of Topliss-reactive ketones (excluding diaryl/α,β-unsaturated/α-hetero) is 1. The standard InChI is InChI=1S/C10H12O/c11-9-4-8-3-7-1-2-10(8,5-7)6-9/h1-2,7-8H,3-6H2. The fourth-order valence-electron chi connectivity index (χ4n) is 3.29. The first-order chi connectivity index (χ1) is 5.28. The molecule has 1 spiro atoms. The molecule has 2 bridgehead atoms. The quantitative estimate of drug-likeness (QED) is 0.480. The average Bonchev–Trinajstić information content (AvgIpc) is 2.48. The predicted molar refractivity (Wildman–Crippen MR) is 42.0 cm³/mol. The Balaban J connectivity index is 2.06. The predicted octanol–water partition coefficient (Wildman–Crippen LogP) is 1.93. The molecule has 0 aromatic carbocycles. The molecule has 0 heterocycles. The van der Waals surface area contributed by atoms with Crippen LogP contribution >= 0.6 is 0 Å². The van der Waals surface area contributed by atoms with Gasteiger partial charge in [-0.15, -0.1) is 0 Å². The van der Waals surface area contributed by atoms with Crippen molar-refractivity contribution in [3.05, 3.63) is 12.2 Å². The topological polar surface area (TPSA) is 17.1 Å². The Kier molecular flexibility index (Phi) is 0.869. The lowest BCUT2D eigenvalue weighted by Gasteiger charge is -2.22. The second-order valence-corrected chi connectivity index (χ2v) is 4.41. The molecule has 11 heavy (non-hydrogen) atoms. The maximum atomic E-state index is 11.2. The van der Waals surface area contributed by atoms with Crippen molar-refractivity contribution in [2.24, 2.45) is 17.3 Å². The van der Waals surface area contributed by atoms with Gasteiger partial charge in [-0.25, -0.2) is 0 Å². The zero-order valence-electron chi connectivity index (χ0n) is 6.55. The Morgan fingerprint density at radius 3 is 3.18 bits per heavy atom. The van der Waals surface area contributed by atoms with Gasteiger partial charge in [0.2, 0.25) is 0 Å². The van der Waals surface area contributed by atoms with E-state index in [9.17, 15) is 4.79 Å². The molecule has 3 rings (SSSR count). The van der Waals surface area contributed by atoms with Crippen molar-refractivity contribution in [2.45, 2.75) is 25.7 Å².